The van der Waals surface area contributed by atoms with Crippen molar-refractivity contribution in [2.24, 2.45) is 5.92 Å². The van der Waals surface area contributed by atoms with Gasteiger partial charge in [0.15, 0.2) is 0 Å². The highest BCUT2D eigenvalue weighted by molar-refractivity contribution is 9.11. The van der Waals surface area contributed by atoms with E-state index >= 15 is 0 Å². The standard InChI is InChI=1S/C14H22BrNOS/c1-4-6-7-12(5-2)14(17)16(3)9-11-8-13(15)18-10-11/h8,10,12H,4-7,9H2,1-3H3. The fourth-order valence-corrected chi connectivity index (χ4v) is 3.25. The zero-order valence-corrected chi connectivity index (χ0v) is 13.8. The van der Waals surface area contributed by atoms with Crippen molar-refractivity contribution in [3.8, 4) is 0 Å². The summed E-state index contributed by atoms with van der Waals surface area (Å²) in [5, 5.41) is 2.10. The molecule has 2 nitrogen and oxygen atoms in total. The van der Waals surface area contributed by atoms with Crippen LogP contribution in [0.25, 0.3) is 0 Å². The quantitative estimate of drug-likeness (QED) is 0.710. The SMILES string of the molecule is CCCCC(CC)C(=O)N(C)Cc1csc(Br)c1. The van der Waals surface area contributed by atoms with Crippen molar-refractivity contribution >= 4 is 33.2 Å². The Kier molecular flexibility index (Phi) is 6.94. The zero-order chi connectivity index (χ0) is 13.5. The molecule has 0 bridgehead atoms. The summed E-state index contributed by atoms with van der Waals surface area (Å²) in [5.74, 6) is 0.477. The Hall–Kier alpha value is -0.350. The van der Waals surface area contributed by atoms with Gasteiger partial charge in [0.2, 0.25) is 5.91 Å². The maximum atomic E-state index is 12.3. The van der Waals surface area contributed by atoms with Crippen LogP contribution < -0.4 is 0 Å². The Morgan fingerprint density at radius 2 is 2.22 bits per heavy atom. The van der Waals surface area contributed by atoms with Crippen molar-refractivity contribution in [3.63, 3.8) is 0 Å². The summed E-state index contributed by atoms with van der Waals surface area (Å²) in [6.07, 6.45) is 4.26. The van der Waals surface area contributed by atoms with Gasteiger partial charge in [-0.3, -0.25) is 4.79 Å². The van der Waals surface area contributed by atoms with E-state index in [-0.39, 0.29) is 11.8 Å². The van der Waals surface area contributed by atoms with E-state index in [0.29, 0.717) is 6.54 Å². The van der Waals surface area contributed by atoms with Gasteiger partial charge in [0.25, 0.3) is 0 Å². The summed E-state index contributed by atoms with van der Waals surface area (Å²) in [6, 6.07) is 2.08. The van der Waals surface area contributed by atoms with E-state index in [9.17, 15) is 4.79 Å². The van der Waals surface area contributed by atoms with E-state index in [2.05, 4.69) is 41.2 Å². The number of carbonyl (C=O) groups excluding carboxylic acids is 1. The second kappa shape index (κ2) is 7.95. The third-order valence-corrected chi connectivity index (χ3v) is 4.72. The van der Waals surface area contributed by atoms with Crippen molar-refractivity contribution in [3.05, 3.63) is 20.8 Å². The highest BCUT2D eigenvalue weighted by atomic mass is 79.9. The van der Waals surface area contributed by atoms with Crippen LogP contribution in [0.1, 0.15) is 45.1 Å². The molecule has 0 aromatic carbocycles. The fourth-order valence-electron chi connectivity index (χ4n) is 2.04. The second-order valence-corrected chi connectivity index (χ2v) is 6.99. The Bertz CT molecular complexity index is 378. The van der Waals surface area contributed by atoms with Gasteiger partial charge < -0.3 is 4.90 Å². The molecule has 1 heterocycles. The van der Waals surface area contributed by atoms with Crippen LogP contribution in [0, 0.1) is 5.92 Å². The first kappa shape index (κ1) is 15.7. The molecule has 1 atom stereocenters. The minimum absolute atomic E-state index is 0.192. The summed E-state index contributed by atoms with van der Waals surface area (Å²) >= 11 is 5.12. The van der Waals surface area contributed by atoms with E-state index in [1.54, 1.807) is 11.3 Å². The number of unbranched alkanes of at least 4 members (excludes halogenated alkanes) is 1. The predicted octanol–water partition coefficient (Wildman–Crippen LogP) is 4.69. The summed E-state index contributed by atoms with van der Waals surface area (Å²) < 4.78 is 1.12. The van der Waals surface area contributed by atoms with Gasteiger partial charge >= 0.3 is 0 Å². The van der Waals surface area contributed by atoms with Crippen molar-refractivity contribution in [2.45, 2.75) is 46.1 Å². The molecule has 0 fully saturated rings. The number of amides is 1. The lowest BCUT2D eigenvalue weighted by atomic mass is 9.98. The first-order valence-corrected chi connectivity index (χ1v) is 8.23. The molecule has 1 aromatic heterocycles. The molecule has 0 aliphatic rings. The molecule has 1 rings (SSSR count). The molecule has 102 valence electrons. The molecule has 1 amide bonds. The van der Waals surface area contributed by atoms with Crippen LogP contribution >= 0.6 is 27.3 Å². The lowest BCUT2D eigenvalue weighted by Gasteiger charge is -2.22. The molecule has 0 N–H and O–H groups in total. The summed E-state index contributed by atoms with van der Waals surface area (Å²) in [6.45, 7) is 4.99. The summed E-state index contributed by atoms with van der Waals surface area (Å²) in [5.41, 5.74) is 1.20. The molecule has 0 saturated carbocycles. The number of rotatable bonds is 7. The monoisotopic (exact) mass is 331 g/mol. The van der Waals surface area contributed by atoms with Crippen molar-refractivity contribution in [1.82, 2.24) is 4.90 Å². The van der Waals surface area contributed by atoms with Gasteiger partial charge in [-0.1, -0.05) is 26.7 Å². The lowest BCUT2D eigenvalue weighted by molar-refractivity contribution is -0.135. The summed E-state index contributed by atoms with van der Waals surface area (Å²) in [7, 11) is 1.91. The molecule has 1 aromatic rings. The minimum Gasteiger partial charge on any atom is -0.341 e. The van der Waals surface area contributed by atoms with E-state index in [0.717, 1.165) is 29.5 Å². The number of hydrogen-bond donors (Lipinski definition) is 0. The topological polar surface area (TPSA) is 20.3 Å². The van der Waals surface area contributed by atoms with Crippen LogP contribution in [0.3, 0.4) is 0 Å². The fraction of sp³-hybridized carbons (Fsp3) is 0.643. The maximum absolute atomic E-state index is 12.3. The average molecular weight is 332 g/mol. The van der Waals surface area contributed by atoms with Crippen LogP contribution in [0.15, 0.2) is 15.2 Å². The number of thiophene rings is 1. The average Bonchev–Trinajstić information content (AvgIpc) is 2.75. The molecule has 0 aliphatic carbocycles. The Balaban J connectivity index is 2.53. The summed E-state index contributed by atoms with van der Waals surface area (Å²) in [4.78, 5) is 14.2. The van der Waals surface area contributed by atoms with Gasteiger partial charge in [0.1, 0.15) is 0 Å². The van der Waals surface area contributed by atoms with E-state index in [1.165, 1.54) is 5.56 Å². The smallest absolute Gasteiger partial charge is 0.225 e. The third-order valence-electron chi connectivity index (χ3n) is 3.17. The maximum Gasteiger partial charge on any atom is 0.225 e. The van der Waals surface area contributed by atoms with Crippen molar-refractivity contribution in [2.75, 3.05) is 7.05 Å². The van der Waals surface area contributed by atoms with Crippen molar-refractivity contribution in [1.29, 1.82) is 0 Å². The first-order chi connectivity index (χ1) is 8.58. The van der Waals surface area contributed by atoms with Gasteiger partial charge in [-0.15, -0.1) is 11.3 Å². The van der Waals surface area contributed by atoms with Crippen LogP contribution in [-0.4, -0.2) is 17.9 Å². The Morgan fingerprint density at radius 3 is 2.72 bits per heavy atom. The van der Waals surface area contributed by atoms with E-state index in [4.69, 9.17) is 0 Å². The molecule has 4 heteroatoms. The van der Waals surface area contributed by atoms with Crippen LogP contribution in [-0.2, 0) is 11.3 Å². The highest BCUT2D eigenvalue weighted by Crippen LogP contribution is 2.22. The normalized spacial score (nSPS) is 12.4. The number of halogens is 1. The third kappa shape index (κ3) is 4.73. The number of nitrogens with zero attached hydrogens (tertiary/aromatic N) is 1. The van der Waals surface area contributed by atoms with E-state index < -0.39 is 0 Å². The minimum atomic E-state index is 0.192. The Labute approximate surface area is 123 Å². The molecule has 0 radical (unpaired) electrons. The van der Waals surface area contributed by atoms with Gasteiger partial charge in [0.05, 0.1) is 3.79 Å². The molecule has 0 aliphatic heterocycles. The highest BCUT2D eigenvalue weighted by Gasteiger charge is 2.20. The molecule has 0 saturated heterocycles. The largest absolute Gasteiger partial charge is 0.341 e. The van der Waals surface area contributed by atoms with Crippen LogP contribution in [0.5, 0.6) is 0 Å². The lowest BCUT2D eigenvalue weighted by Crippen LogP contribution is -2.32. The molecular weight excluding hydrogens is 310 g/mol. The second-order valence-electron chi connectivity index (χ2n) is 4.70. The molecular formula is C14H22BrNOS. The molecule has 18 heavy (non-hydrogen) atoms. The van der Waals surface area contributed by atoms with Crippen molar-refractivity contribution < 1.29 is 4.79 Å². The first-order valence-electron chi connectivity index (χ1n) is 6.56. The number of hydrogen-bond acceptors (Lipinski definition) is 2. The van der Waals surface area contributed by atoms with Gasteiger partial charge in [-0.05, 0) is 45.8 Å². The van der Waals surface area contributed by atoms with Gasteiger partial charge in [-0.2, -0.15) is 0 Å². The molecule has 0 spiro atoms. The molecule has 1 unspecified atom stereocenters. The van der Waals surface area contributed by atoms with Gasteiger partial charge in [0, 0.05) is 19.5 Å². The zero-order valence-electron chi connectivity index (χ0n) is 11.4. The van der Waals surface area contributed by atoms with Gasteiger partial charge in [-0.25, -0.2) is 0 Å². The number of carbonyl (C=O) groups is 1. The van der Waals surface area contributed by atoms with Crippen LogP contribution in [0.4, 0.5) is 0 Å². The van der Waals surface area contributed by atoms with E-state index in [1.807, 2.05) is 11.9 Å². The van der Waals surface area contributed by atoms with Crippen LogP contribution in [0.2, 0.25) is 0 Å². The predicted molar refractivity (Wildman–Crippen MR) is 81.8 cm³/mol. The Morgan fingerprint density at radius 1 is 1.50 bits per heavy atom.